The highest BCUT2D eigenvalue weighted by Gasteiger charge is 2.43. The second-order valence-corrected chi connectivity index (χ2v) is 21.2. The number of benzene rings is 6. The largest absolute Gasteiger partial charge is 0.302 e. The maximum atomic E-state index is 2.56. The normalized spacial score (nSPS) is 21.4. The van der Waals surface area contributed by atoms with Crippen LogP contribution in [0.2, 0.25) is 0 Å². The van der Waals surface area contributed by atoms with E-state index in [4.69, 9.17) is 0 Å². The summed E-state index contributed by atoms with van der Waals surface area (Å²) in [6, 6.07) is 65.6. The molecule has 2 saturated carbocycles. The molecule has 0 heterocycles. The fourth-order valence-electron chi connectivity index (χ4n) is 10.5. The van der Waals surface area contributed by atoms with Crippen molar-refractivity contribution >= 4 is 37.1 Å². The van der Waals surface area contributed by atoms with Gasteiger partial charge in [0.2, 0.25) is 0 Å². The predicted molar refractivity (Wildman–Crippen MR) is 245 cm³/mol. The fourth-order valence-corrected chi connectivity index (χ4v) is 17.0. The topological polar surface area (TPSA) is 6.48 Å². The van der Waals surface area contributed by atoms with Gasteiger partial charge in [0.1, 0.15) is 0 Å². The second-order valence-electron chi connectivity index (χ2n) is 16.4. The third kappa shape index (κ3) is 8.10. The van der Waals surface area contributed by atoms with Crippen LogP contribution in [-0.2, 0) is 0 Å². The minimum absolute atomic E-state index is 0.308. The first kappa shape index (κ1) is 38.9. The average Bonchev–Trinajstić information content (AvgIpc) is 3.91. The van der Waals surface area contributed by atoms with Crippen molar-refractivity contribution in [3.63, 3.8) is 0 Å². The Kier molecular flexibility index (Phi) is 12.6. The molecule has 4 unspecified atom stereocenters. The lowest BCUT2D eigenvalue weighted by molar-refractivity contribution is 0.217. The van der Waals surface area contributed by atoms with Crippen LogP contribution in [0.25, 0.3) is 11.1 Å². The number of hydrogen-bond donors (Lipinski definition) is 0. The van der Waals surface area contributed by atoms with Gasteiger partial charge in [-0.25, -0.2) is 0 Å². The van der Waals surface area contributed by atoms with E-state index in [1.165, 1.54) is 76.7 Å². The molecule has 2 aliphatic rings. The molecule has 8 rings (SSSR count). The predicted octanol–water partition coefficient (Wildman–Crippen LogP) is 11.2. The van der Waals surface area contributed by atoms with Crippen LogP contribution in [0.4, 0.5) is 0 Å². The van der Waals surface area contributed by atoms with Crippen LogP contribution < -0.4 is 21.2 Å². The smallest absolute Gasteiger partial charge is 0.0382 e. The lowest BCUT2D eigenvalue weighted by Gasteiger charge is -2.40. The zero-order valence-electron chi connectivity index (χ0n) is 33.7. The van der Waals surface area contributed by atoms with Gasteiger partial charge in [-0.05, 0) is 136 Å². The van der Waals surface area contributed by atoms with E-state index < -0.39 is 15.8 Å². The van der Waals surface area contributed by atoms with Crippen molar-refractivity contribution in [1.82, 2.24) is 9.80 Å². The maximum Gasteiger partial charge on any atom is 0.0382 e. The highest BCUT2D eigenvalue weighted by Crippen LogP contribution is 2.57. The molecule has 6 aromatic carbocycles. The second kappa shape index (κ2) is 18.1. The highest BCUT2D eigenvalue weighted by molar-refractivity contribution is 7.74. The quantitative estimate of drug-likeness (QED) is 0.108. The van der Waals surface area contributed by atoms with Crippen LogP contribution in [0.15, 0.2) is 170 Å². The van der Waals surface area contributed by atoms with Gasteiger partial charge < -0.3 is 9.80 Å². The zero-order chi connectivity index (χ0) is 38.4. The van der Waals surface area contributed by atoms with Crippen molar-refractivity contribution in [3.8, 4) is 11.1 Å². The van der Waals surface area contributed by atoms with Gasteiger partial charge in [0.05, 0.1) is 0 Å². The van der Waals surface area contributed by atoms with E-state index in [1.54, 1.807) is 5.30 Å². The third-order valence-corrected chi connectivity index (χ3v) is 18.7. The SMILES string of the molecule is CN(C)[C@@H](c1ccccc1)C1CCCC1P(c1ccccc1)c1ccccc1-c1ccccc1[C@@H]([C@H]1CCCC1P(c1ccccc1)c1ccccc1)N(C)C. The van der Waals surface area contributed by atoms with Crippen molar-refractivity contribution in [1.29, 1.82) is 0 Å². The van der Waals surface area contributed by atoms with Gasteiger partial charge in [-0.1, -0.05) is 183 Å². The molecule has 0 radical (unpaired) electrons. The molecule has 0 spiro atoms. The van der Waals surface area contributed by atoms with Gasteiger partial charge in [-0.3, -0.25) is 0 Å². The van der Waals surface area contributed by atoms with Crippen molar-refractivity contribution in [2.24, 2.45) is 11.8 Å². The molecule has 2 aliphatic carbocycles. The molecule has 0 saturated heterocycles. The molecule has 2 fully saturated rings. The minimum Gasteiger partial charge on any atom is -0.302 e. The van der Waals surface area contributed by atoms with E-state index >= 15 is 0 Å². The summed E-state index contributed by atoms with van der Waals surface area (Å²) in [5.41, 5.74) is 6.96. The Labute approximate surface area is 339 Å². The molecule has 0 aliphatic heterocycles. The summed E-state index contributed by atoms with van der Waals surface area (Å²) in [6.45, 7) is 0. The van der Waals surface area contributed by atoms with Crippen molar-refractivity contribution in [3.05, 3.63) is 181 Å². The van der Waals surface area contributed by atoms with Gasteiger partial charge in [-0.15, -0.1) is 0 Å². The Balaban J connectivity index is 1.24. The molecule has 286 valence electrons. The zero-order valence-corrected chi connectivity index (χ0v) is 35.5. The fraction of sp³-hybridized carbons (Fsp3) is 0.308. The number of hydrogen-bond acceptors (Lipinski definition) is 2. The van der Waals surface area contributed by atoms with Crippen LogP contribution in [0.3, 0.4) is 0 Å². The Bertz CT molecular complexity index is 2080. The van der Waals surface area contributed by atoms with Crippen LogP contribution in [0, 0.1) is 11.8 Å². The lowest BCUT2D eigenvalue weighted by atomic mass is 9.85. The summed E-state index contributed by atoms with van der Waals surface area (Å²) in [5.74, 6) is 1.12. The van der Waals surface area contributed by atoms with Gasteiger partial charge in [0.25, 0.3) is 0 Å². The van der Waals surface area contributed by atoms with Crippen molar-refractivity contribution in [2.45, 2.75) is 61.9 Å². The molecule has 56 heavy (non-hydrogen) atoms. The summed E-state index contributed by atoms with van der Waals surface area (Å²) in [7, 11) is 8.08. The summed E-state index contributed by atoms with van der Waals surface area (Å²) in [5, 5.41) is 6.06. The maximum absolute atomic E-state index is 2.56. The van der Waals surface area contributed by atoms with Crippen LogP contribution in [0.1, 0.15) is 61.7 Å². The molecule has 0 N–H and O–H groups in total. The summed E-state index contributed by atoms with van der Waals surface area (Å²) >= 11 is 0. The van der Waals surface area contributed by atoms with E-state index in [0.717, 1.165) is 0 Å². The van der Waals surface area contributed by atoms with Crippen LogP contribution >= 0.6 is 15.8 Å². The number of rotatable bonds is 13. The molecule has 6 aromatic rings. The van der Waals surface area contributed by atoms with E-state index in [0.29, 0.717) is 35.2 Å². The third-order valence-electron chi connectivity index (χ3n) is 12.6. The minimum atomic E-state index is -0.657. The Hall–Kier alpha value is -3.90. The lowest BCUT2D eigenvalue weighted by Crippen LogP contribution is -2.35. The average molecular weight is 773 g/mol. The summed E-state index contributed by atoms with van der Waals surface area (Å²) in [4.78, 5) is 5.06. The van der Waals surface area contributed by atoms with Crippen molar-refractivity contribution < 1.29 is 0 Å². The molecule has 7 atom stereocenters. The summed E-state index contributed by atoms with van der Waals surface area (Å²) < 4.78 is 0. The molecule has 0 amide bonds. The van der Waals surface area contributed by atoms with Crippen molar-refractivity contribution in [2.75, 3.05) is 28.2 Å². The monoisotopic (exact) mass is 772 g/mol. The first-order valence-electron chi connectivity index (χ1n) is 20.8. The Morgan fingerprint density at radius 2 is 0.821 bits per heavy atom. The van der Waals surface area contributed by atoms with Gasteiger partial charge in [0, 0.05) is 12.1 Å². The highest BCUT2D eigenvalue weighted by atomic mass is 31.1. The molecular weight excluding hydrogens is 715 g/mol. The number of nitrogens with zero attached hydrogens (tertiary/aromatic N) is 2. The molecule has 4 heteroatoms. The Morgan fingerprint density at radius 3 is 1.36 bits per heavy atom. The molecule has 2 nitrogen and oxygen atoms in total. The van der Waals surface area contributed by atoms with E-state index in [2.05, 4.69) is 208 Å². The molecular formula is C52H58N2P2. The Morgan fingerprint density at radius 1 is 0.411 bits per heavy atom. The van der Waals surface area contributed by atoms with Gasteiger partial charge in [-0.2, -0.15) is 0 Å². The van der Waals surface area contributed by atoms with E-state index in [1.807, 2.05) is 0 Å². The summed E-state index contributed by atoms with van der Waals surface area (Å²) in [6.07, 6.45) is 7.64. The van der Waals surface area contributed by atoms with E-state index in [-0.39, 0.29) is 0 Å². The van der Waals surface area contributed by atoms with Crippen LogP contribution in [-0.4, -0.2) is 49.3 Å². The van der Waals surface area contributed by atoms with Gasteiger partial charge >= 0.3 is 0 Å². The van der Waals surface area contributed by atoms with Gasteiger partial charge in [0.15, 0.2) is 0 Å². The first-order chi connectivity index (χ1) is 27.5. The molecule has 0 bridgehead atoms. The van der Waals surface area contributed by atoms with Crippen LogP contribution in [0.5, 0.6) is 0 Å². The first-order valence-corrected chi connectivity index (χ1v) is 23.6. The molecule has 0 aromatic heterocycles. The van der Waals surface area contributed by atoms with E-state index in [9.17, 15) is 0 Å². The standard InChI is InChI=1S/C52H58N2P2/c1-53(2)51(39-23-9-5-10-24-39)46-34-21-38-50(46)56(42-29-15-8-16-30-42)48-36-20-19-32-44(48)43-31-17-18-33-45(43)52(54(3)4)47-35-22-37-49(47)55(40-25-11-6-12-26-40)41-27-13-7-14-28-41/h5-20,23-33,36,46-47,49-52H,21-22,34-35,37-38H2,1-4H3/t46?,47-,49?,50?,51-,52-,56?/m0/s1.